The number of hydrogen-bond donors (Lipinski definition) is 0. The molecule has 146 valence electrons. The Bertz CT molecular complexity index is 781. The summed E-state index contributed by atoms with van der Waals surface area (Å²) in [7, 11) is 1.67. The molecule has 0 fully saturated rings. The second-order valence-corrected chi connectivity index (χ2v) is 7.38. The van der Waals surface area contributed by atoms with E-state index in [1.54, 1.807) is 7.11 Å². The van der Waals surface area contributed by atoms with Gasteiger partial charge < -0.3 is 9.47 Å². The highest BCUT2D eigenvalue weighted by molar-refractivity contribution is 5.89. The quantitative estimate of drug-likeness (QED) is 0.699. The summed E-state index contributed by atoms with van der Waals surface area (Å²) in [6, 6.07) is 8.14. The largest absolute Gasteiger partial charge is 0.497 e. The maximum absolute atomic E-state index is 12.4. The molecule has 0 saturated carbocycles. The van der Waals surface area contributed by atoms with Crippen LogP contribution in [-0.4, -0.2) is 40.9 Å². The van der Waals surface area contributed by atoms with E-state index < -0.39 is 0 Å². The SMILES string of the molecule is CCOC(=O)c1nn(CC(C)C)c2c1CN(Cc1ccc(OC)cc1)CC2. The molecule has 0 amide bonds. The van der Waals surface area contributed by atoms with Crippen molar-refractivity contribution < 1.29 is 14.3 Å². The fourth-order valence-electron chi connectivity index (χ4n) is 3.53. The van der Waals surface area contributed by atoms with Crippen molar-refractivity contribution in [3.05, 3.63) is 46.8 Å². The third kappa shape index (κ3) is 4.50. The molecule has 1 aromatic heterocycles. The van der Waals surface area contributed by atoms with E-state index in [1.165, 1.54) is 11.3 Å². The van der Waals surface area contributed by atoms with Crippen LogP contribution in [0.15, 0.2) is 24.3 Å². The van der Waals surface area contributed by atoms with Crippen LogP contribution in [-0.2, 0) is 30.8 Å². The summed E-state index contributed by atoms with van der Waals surface area (Å²) in [5.41, 5.74) is 3.91. The number of carbonyl (C=O) groups excluding carboxylic acids is 1. The van der Waals surface area contributed by atoms with E-state index in [0.29, 0.717) is 24.8 Å². The van der Waals surface area contributed by atoms with Crippen LogP contribution in [0.25, 0.3) is 0 Å². The van der Waals surface area contributed by atoms with Crippen molar-refractivity contribution in [1.82, 2.24) is 14.7 Å². The van der Waals surface area contributed by atoms with Crippen molar-refractivity contribution >= 4 is 5.97 Å². The number of carbonyl (C=O) groups is 1. The monoisotopic (exact) mass is 371 g/mol. The molecular weight excluding hydrogens is 342 g/mol. The smallest absolute Gasteiger partial charge is 0.359 e. The molecule has 27 heavy (non-hydrogen) atoms. The minimum Gasteiger partial charge on any atom is -0.497 e. The first-order valence-electron chi connectivity index (χ1n) is 9.62. The van der Waals surface area contributed by atoms with Gasteiger partial charge in [-0.3, -0.25) is 9.58 Å². The number of rotatable bonds is 7. The Morgan fingerprint density at radius 1 is 1.26 bits per heavy atom. The highest BCUT2D eigenvalue weighted by Gasteiger charge is 2.29. The molecule has 1 aliphatic rings. The Morgan fingerprint density at radius 2 is 2.00 bits per heavy atom. The van der Waals surface area contributed by atoms with Gasteiger partial charge in [0.05, 0.1) is 13.7 Å². The zero-order valence-corrected chi connectivity index (χ0v) is 16.7. The van der Waals surface area contributed by atoms with Crippen LogP contribution in [0.4, 0.5) is 0 Å². The van der Waals surface area contributed by atoms with Gasteiger partial charge in [0.25, 0.3) is 0 Å². The molecule has 6 nitrogen and oxygen atoms in total. The first-order valence-corrected chi connectivity index (χ1v) is 9.62. The predicted octanol–water partition coefficient (Wildman–Crippen LogP) is 3.28. The van der Waals surface area contributed by atoms with Crippen molar-refractivity contribution in [3.8, 4) is 5.75 Å². The third-order valence-corrected chi connectivity index (χ3v) is 4.79. The van der Waals surface area contributed by atoms with Crippen LogP contribution >= 0.6 is 0 Å². The van der Waals surface area contributed by atoms with E-state index in [4.69, 9.17) is 9.47 Å². The summed E-state index contributed by atoms with van der Waals surface area (Å²) < 4.78 is 12.5. The van der Waals surface area contributed by atoms with Gasteiger partial charge in [-0.2, -0.15) is 5.10 Å². The second kappa shape index (κ2) is 8.57. The Morgan fingerprint density at radius 3 is 2.63 bits per heavy atom. The molecule has 0 bridgehead atoms. The van der Waals surface area contributed by atoms with E-state index in [2.05, 4.69) is 36.0 Å². The molecule has 0 N–H and O–H groups in total. The number of hydrogen-bond acceptors (Lipinski definition) is 5. The summed E-state index contributed by atoms with van der Waals surface area (Å²) >= 11 is 0. The molecule has 3 rings (SSSR count). The summed E-state index contributed by atoms with van der Waals surface area (Å²) in [6.45, 7) is 9.83. The van der Waals surface area contributed by atoms with Crippen molar-refractivity contribution in [2.24, 2.45) is 5.92 Å². The molecule has 0 spiro atoms. The lowest BCUT2D eigenvalue weighted by atomic mass is 10.0. The number of nitrogens with zero attached hydrogens (tertiary/aromatic N) is 3. The molecule has 1 aliphatic heterocycles. The number of benzene rings is 1. The zero-order chi connectivity index (χ0) is 19.4. The van der Waals surface area contributed by atoms with Gasteiger partial charge in [0.15, 0.2) is 5.69 Å². The molecule has 0 atom stereocenters. The van der Waals surface area contributed by atoms with Gasteiger partial charge >= 0.3 is 5.97 Å². The minimum absolute atomic E-state index is 0.317. The van der Waals surface area contributed by atoms with Crippen LogP contribution in [0.5, 0.6) is 5.75 Å². The number of esters is 1. The summed E-state index contributed by atoms with van der Waals surface area (Å²) in [4.78, 5) is 14.8. The maximum Gasteiger partial charge on any atom is 0.359 e. The molecule has 0 radical (unpaired) electrons. The summed E-state index contributed by atoms with van der Waals surface area (Å²) in [6.07, 6.45) is 0.893. The topological polar surface area (TPSA) is 56.6 Å². The average Bonchev–Trinajstić information content (AvgIpc) is 3.00. The van der Waals surface area contributed by atoms with E-state index in [0.717, 1.165) is 37.4 Å². The van der Waals surface area contributed by atoms with Crippen molar-refractivity contribution in [1.29, 1.82) is 0 Å². The fourth-order valence-corrected chi connectivity index (χ4v) is 3.53. The van der Waals surface area contributed by atoms with Gasteiger partial charge in [-0.05, 0) is 30.5 Å². The van der Waals surface area contributed by atoms with E-state index in [-0.39, 0.29) is 5.97 Å². The molecule has 0 saturated heterocycles. The number of methoxy groups -OCH3 is 1. The molecule has 6 heteroatoms. The Kier molecular flexibility index (Phi) is 6.16. The molecule has 1 aromatic carbocycles. The lowest BCUT2D eigenvalue weighted by Gasteiger charge is -2.28. The molecule has 2 aromatic rings. The predicted molar refractivity (Wildman–Crippen MR) is 104 cm³/mol. The van der Waals surface area contributed by atoms with Crippen LogP contribution in [0.2, 0.25) is 0 Å². The molecule has 0 aliphatic carbocycles. The van der Waals surface area contributed by atoms with E-state index in [9.17, 15) is 4.79 Å². The van der Waals surface area contributed by atoms with Crippen molar-refractivity contribution in [2.75, 3.05) is 20.3 Å². The van der Waals surface area contributed by atoms with Crippen LogP contribution < -0.4 is 4.74 Å². The lowest BCUT2D eigenvalue weighted by molar-refractivity contribution is 0.0515. The zero-order valence-electron chi connectivity index (χ0n) is 16.7. The van der Waals surface area contributed by atoms with Gasteiger partial charge in [0, 0.05) is 43.9 Å². The van der Waals surface area contributed by atoms with E-state index in [1.807, 2.05) is 23.7 Å². The Labute approximate surface area is 161 Å². The number of aromatic nitrogens is 2. The molecule has 2 heterocycles. The minimum atomic E-state index is -0.317. The van der Waals surface area contributed by atoms with E-state index >= 15 is 0 Å². The van der Waals surface area contributed by atoms with Crippen LogP contribution in [0.3, 0.4) is 0 Å². The Hall–Kier alpha value is -2.34. The van der Waals surface area contributed by atoms with Gasteiger partial charge in [0.1, 0.15) is 5.75 Å². The highest BCUT2D eigenvalue weighted by atomic mass is 16.5. The standard InChI is InChI=1S/C21H29N3O3/c1-5-27-21(25)20-18-14-23(13-16-6-8-17(26-4)9-7-16)11-10-19(18)24(22-20)12-15(2)3/h6-9,15H,5,10-14H2,1-4H3. The maximum atomic E-state index is 12.4. The summed E-state index contributed by atoms with van der Waals surface area (Å²) in [5, 5.41) is 4.61. The highest BCUT2D eigenvalue weighted by Crippen LogP contribution is 2.26. The van der Waals surface area contributed by atoms with Gasteiger partial charge in [0.2, 0.25) is 0 Å². The van der Waals surface area contributed by atoms with Gasteiger partial charge in [-0.15, -0.1) is 0 Å². The van der Waals surface area contributed by atoms with Crippen LogP contribution in [0.1, 0.15) is 48.1 Å². The number of ether oxygens (including phenoxy) is 2. The normalized spacial score (nSPS) is 14.3. The second-order valence-electron chi connectivity index (χ2n) is 7.38. The first-order chi connectivity index (χ1) is 13.0. The Balaban J connectivity index is 1.81. The van der Waals surface area contributed by atoms with Gasteiger partial charge in [-0.25, -0.2) is 4.79 Å². The lowest BCUT2D eigenvalue weighted by Crippen LogP contribution is -2.31. The first kappa shape index (κ1) is 19.4. The number of fused-ring (bicyclic) bond motifs is 1. The fraction of sp³-hybridized carbons (Fsp3) is 0.524. The third-order valence-electron chi connectivity index (χ3n) is 4.79. The van der Waals surface area contributed by atoms with Crippen molar-refractivity contribution in [2.45, 2.75) is 46.8 Å². The van der Waals surface area contributed by atoms with Gasteiger partial charge in [-0.1, -0.05) is 26.0 Å². The van der Waals surface area contributed by atoms with Crippen molar-refractivity contribution in [3.63, 3.8) is 0 Å². The molecular formula is C21H29N3O3. The van der Waals surface area contributed by atoms with Crippen LogP contribution in [0, 0.1) is 5.92 Å². The summed E-state index contributed by atoms with van der Waals surface area (Å²) in [5.74, 6) is 1.02. The average molecular weight is 371 g/mol. The molecule has 0 unspecified atom stereocenters.